The van der Waals surface area contributed by atoms with Crippen LogP contribution in [0.4, 0.5) is 5.95 Å². The lowest BCUT2D eigenvalue weighted by atomic mass is 10.0. The Bertz CT molecular complexity index is 676. The molecule has 1 aromatic heterocycles. The highest BCUT2D eigenvalue weighted by Crippen LogP contribution is 2.26. The number of aromatic nitrogens is 2. The maximum atomic E-state index is 11.9. The number of hydrogen-bond acceptors (Lipinski definition) is 5. The van der Waals surface area contributed by atoms with E-state index in [0.29, 0.717) is 5.56 Å². The lowest BCUT2D eigenvalue weighted by Gasteiger charge is -2.39. The van der Waals surface area contributed by atoms with Crippen LogP contribution in [0.1, 0.15) is 22.0 Å². The minimum absolute atomic E-state index is 0.0615. The van der Waals surface area contributed by atoms with Crippen LogP contribution in [0.15, 0.2) is 42.7 Å². The van der Waals surface area contributed by atoms with Gasteiger partial charge in [-0.25, -0.2) is 9.97 Å². The molecule has 1 saturated heterocycles. The third kappa shape index (κ3) is 3.32. The van der Waals surface area contributed by atoms with E-state index in [1.807, 2.05) is 24.3 Å². The Labute approximate surface area is 136 Å². The van der Waals surface area contributed by atoms with Crippen molar-refractivity contribution in [1.82, 2.24) is 20.2 Å². The van der Waals surface area contributed by atoms with Crippen LogP contribution >= 0.6 is 0 Å². The molecule has 2 aromatic rings. The zero-order chi connectivity index (χ0) is 16.2. The Kier molecular flexibility index (Phi) is 4.52. The third-order valence-corrected chi connectivity index (χ3v) is 4.24. The van der Waals surface area contributed by atoms with Gasteiger partial charge in [0.1, 0.15) is 0 Å². The third-order valence-electron chi connectivity index (χ3n) is 4.24. The number of nitrogens with zero attached hydrogens (tertiary/aromatic N) is 4. The normalized spacial score (nSPS) is 18.7. The molecule has 0 radical (unpaired) electrons. The highest BCUT2D eigenvalue weighted by molar-refractivity contribution is 5.94. The minimum Gasteiger partial charge on any atom is -0.355 e. The van der Waals surface area contributed by atoms with E-state index in [4.69, 9.17) is 0 Å². The molecule has 2 heterocycles. The average molecular weight is 311 g/mol. The molecular formula is C17H21N5O. The van der Waals surface area contributed by atoms with Gasteiger partial charge in [0.2, 0.25) is 5.95 Å². The van der Waals surface area contributed by atoms with E-state index in [1.54, 1.807) is 19.4 Å². The van der Waals surface area contributed by atoms with Crippen molar-refractivity contribution >= 4 is 11.9 Å². The summed E-state index contributed by atoms with van der Waals surface area (Å²) < 4.78 is 0. The fourth-order valence-corrected chi connectivity index (χ4v) is 2.90. The second kappa shape index (κ2) is 6.75. The molecule has 0 unspecified atom stereocenters. The van der Waals surface area contributed by atoms with Gasteiger partial charge in [0.15, 0.2) is 0 Å². The molecule has 0 aliphatic carbocycles. The molecule has 6 nitrogen and oxygen atoms in total. The van der Waals surface area contributed by atoms with Crippen LogP contribution < -0.4 is 10.2 Å². The van der Waals surface area contributed by atoms with Crippen molar-refractivity contribution < 1.29 is 4.79 Å². The summed E-state index contributed by atoms with van der Waals surface area (Å²) in [6, 6.07) is 9.84. The van der Waals surface area contributed by atoms with Crippen molar-refractivity contribution in [2.75, 3.05) is 38.6 Å². The van der Waals surface area contributed by atoms with Crippen molar-refractivity contribution in [3.8, 4) is 0 Å². The smallest absolute Gasteiger partial charge is 0.251 e. The average Bonchev–Trinajstić information content (AvgIpc) is 2.62. The van der Waals surface area contributed by atoms with E-state index in [0.717, 1.165) is 31.1 Å². The summed E-state index contributed by atoms with van der Waals surface area (Å²) in [5.41, 5.74) is 1.82. The number of likely N-dealkylation sites (N-methyl/N-ethyl adjacent to an activating group) is 1. The van der Waals surface area contributed by atoms with Gasteiger partial charge < -0.3 is 10.2 Å². The van der Waals surface area contributed by atoms with Crippen LogP contribution in [0.3, 0.4) is 0 Å². The number of carbonyl (C=O) groups excluding carboxylic acids is 1. The fraction of sp³-hybridized carbons (Fsp3) is 0.353. The molecule has 1 aliphatic heterocycles. The fourth-order valence-electron chi connectivity index (χ4n) is 2.90. The molecule has 1 amide bonds. The Morgan fingerprint density at radius 1 is 1.22 bits per heavy atom. The van der Waals surface area contributed by atoms with Crippen LogP contribution in [-0.2, 0) is 0 Å². The summed E-state index contributed by atoms with van der Waals surface area (Å²) in [5.74, 6) is 0.696. The van der Waals surface area contributed by atoms with Gasteiger partial charge in [0, 0.05) is 44.6 Å². The van der Waals surface area contributed by atoms with E-state index in [9.17, 15) is 4.79 Å². The first-order chi connectivity index (χ1) is 11.2. The maximum Gasteiger partial charge on any atom is 0.251 e. The molecule has 1 aliphatic rings. The lowest BCUT2D eigenvalue weighted by Crippen LogP contribution is -2.47. The van der Waals surface area contributed by atoms with Gasteiger partial charge in [-0.2, -0.15) is 0 Å². The first-order valence-electron chi connectivity index (χ1n) is 7.73. The predicted octanol–water partition coefficient (Wildman–Crippen LogP) is 1.33. The number of hydrogen-bond donors (Lipinski definition) is 1. The van der Waals surface area contributed by atoms with Crippen LogP contribution in [0, 0.1) is 0 Å². The molecule has 120 valence electrons. The Hall–Kier alpha value is -2.47. The van der Waals surface area contributed by atoms with Crippen LogP contribution in [0.5, 0.6) is 0 Å². The second-order valence-electron chi connectivity index (χ2n) is 5.70. The molecule has 6 heteroatoms. The number of amides is 1. The van der Waals surface area contributed by atoms with E-state index in [2.05, 4.69) is 38.2 Å². The summed E-state index contributed by atoms with van der Waals surface area (Å²) >= 11 is 0. The van der Waals surface area contributed by atoms with Gasteiger partial charge in [-0.15, -0.1) is 0 Å². The van der Waals surface area contributed by atoms with Crippen LogP contribution in [0.2, 0.25) is 0 Å². The van der Waals surface area contributed by atoms with Gasteiger partial charge in [0.05, 0.1) is 6.04 Å². The Morgan fingerprint density at radius 2 is 2.00 bits per heavy atom. The van der Waals surface area contributed by atoms with Crippen LogP contribution in [-0.4, -0.2) is 54.5 Å². The maximum absolute atomic E-state index is 11.9. The first kappa shape index (κ1) is 15.4. The summed E-state index contributed by atoms with van der Waals surface area (Å²) in [6.45, 7) is 2.62. The van der Waals surface area contributed by atoms with Crippen molar-refractivity contribution in [2.24, 2.45) is 0 Å². The molecule has 0 saturated carbocycles. The Balaban J connectivity index is 1.84. The molecule has 0 bridgehead atoms. The SMILES string of the molecule is CNC(=O)c1cccc([C@H]2CN(c3ncccn3)CCN2C)c1. The molecule has 0 spiro atoms. The zero-order valence-electron chi connectivity index (χ0n) is 13.4. The number of piperazine rings is 1. The van der Waals surface area contributed by atoms with Gasteiger partial charge in [-0.3, -0.25) is 9.69 Å². The highest BCUT2D eigenvalue weighted by atomic mass is 16.1. The number of carbonyl (C=O) groups is 1. The lowest BCUT2D eigenvalue weighted by molar-refractivity contribution is 0.0962. The molecular weight excluding hydrogens is 290 g/mol. The number of rotatable bonds is 3. The second-order valence-corrected chi connectivity index (χ2v) is 5.70. The molecule has 1 aromatic carbocycles. The molecule has 3 rings (SSSR count). The Morgan fingerprint density at radius 3 is 2.74 bits per heavy atom. The van der Waals surface area contributed by atoms with Gasteiger partial charge >= 0.3 is 0 Å². The highest BCUT2D eigenvalue weighted by Gasteiger charge is 2.27. The molecule has 1 fully saturated rings. The van der Waals surface area contributed by atoms with Crippen LogP contribution in [0.25, 0.3) is 0 Å². The largest absolute Gasteiger partial charge is 0.355 e. The zero-order valence-corrected chi connectivity index (χ0v) is 13.4. The van der Waals surface area contributed by atoms with Gasteiger partial charge in [-0.05, 0) is 30.8 Å². The van der Waals surface area contributed by atoms with E-state index >= 15 is 0 Å². The van der Waals surface area contributed by atoms with E-state index in [1.165, 1.54) is 0 Å². The quantitative estimate of drug-likeness (QED) is 0.926. The number of nitrogens with one attached hydrogen (secondary N) is 1. The van der Waals surface area contributed by atoms with Crippen molar-refractivity contribution in [1.29, 1.82) is 0 Å². The van der Waals surface area contributed by atoms with Crippen molar-refractivity contribution in [3.63, 3.8) is 0 Å². The van der Waals surface area contributed by atoms with Gasteiger partial charge in [-0.1, -0.05) is 12.1 Å². The van der Waals surface area contributed by atoms with Gasteiger partial charge in [0.25, 0.3) is 5.91 Å². The van der Waals surface area contributed by atoms with E-state index in [-0.39, 0.29) is 11.9 Å². The topological polar surface area (TPSA) is 61.4 Å². The van der Waals surface area contributed by atoms with E-state index < -0.39 is 0 Å². The summed E-state index contributed by atoms with van der Waals surface area (Å²) in [6.07, 6.45) is 3.53. The predicted molar refractivity (Wildman–Crippen MR) is 89.4 cm³/mol. The van der Waals surface area contributed by atoms with Crippen molar-refractivity contribution in [2.45, 2.75) is 6.04 Å². The summed E-state index contributed by atoms with van der Waals surface area (Å²) in [5, 5.41) is 2.67. The number of anilines is 1. The molecule has 1 atom stereocenters. The minimum atomic E-state index is -0.0615. The monoisotopic (exact) mass is 311 g/mol. The summed E-state index contributed by atoms with van der Waals surface area (Å²) in [7, 11) is 3.76. The number of benzene rings is 1. The van der Waals surface area contributed by atoms with Crippen molar-refractivity contribution in [3.05, 3.63) is 53.9 Å². The molecule has 1 N–H and O–H groups in total. The summed E-state index contributed by atoms with van der Waals surface area (Å²) in [4.78, 5) is 25.1. The molecule has 23 heavy (non-hydrogen) atoms. The standard InChI is InChI=1S/C17H21N5O/c1-18-16(23)14-6-3-5-13(11-14)15-12-22(10-9-21(15)2)17-19-7-4-8-20-17/h3-8,11,15H,9-10,12H2,1-2H3,(H,18,23)/t15-/m1/s1. The first-order valence-corrected chi connectivity index (χ1v) is 7.73.